The molecule has 0 amide bonds. The molecule has 2 heteroatoms. The number of hydrogen-bond acceptors (Lipinski definition) is 2. The van der Waals surface area contributed by atoms with E-state index in [9.17, 15) is 0 Å². The molecule has 0 aromatic heterocycles. The molecule has 0 aliphatic heterocycles. The Kier molecular flexibility index (Phi) is 5.39. The number of hydrogen-bond donors (Lipinski definition) is 2. The molecule has 1 atom stereocenters. The number of aliphatic hydroxyl groups is 1. The van der Waals surface area contributed by atoms with E-state index in [-0.39, 0.29) is 12.6 Å². The maximum atomic E-state index is 9.09. The molecule has 2 aromatic rings. The summed E-state index contributed by atoms with van der Waals surface area (Å²) in [6.45, 7) is 2.29. The van der Waals surface area contributed by atoms with Gasteiger partial charge < -0.3 is 10.4 Å². The lowest BCUT2D eigenvalue weighted by Gasteiger charge is -2.15. The number of aliphatic hydroxyl groups excluding tert-OH is 1. The average Bonchev–Trinajstić information content (AvgIpc) is 2.49. The fourth-order valence-corrected chi connectivity index (χ4v) is 2.11. The molecule has 1 unspecified atom stereocenters. The van der Waals surface area contributed by atoms with E-state index in [4.69, 9.17) is 5.11 Å². The predicted octanol–water partition coefficient (Wildman–Crippen LogP) is 3.74. The zero-order valence-corrected chi connectivity index (χ0v) is 11.8. The highest BCUT2D eigenvalue weighted by atomic mass is 16.2. The van der Waals surface area contributed by atoms with Crippen molar-refractivity contribution in [1.29, 1.82) is 0 Å². The summed E-state index contributed by atoms with van der Waals surface area (Å²) in [5, 5.41) is 12.6. The van der Waals surface area contributed by atoms with Crippen LogP contribution in [0, 0.1) is 0 Å². The zero-order valence-electron chi connectivity index (χ0n) is 11.8. The molecule has 104 valence electrons. The van der Waals surface area contributed by atoms with Gasteiger partial charge in [-0.05, 0) is 30.5 Å². The highest BCUT2D eigenvalue weighted by molar-refractivity contribution is 5.55. The first-order valence-corrected chi connectivity index (χ1v) is 6.98. The summed E-state index contributed by atoms with van der Waals surface area (Å²) in [6, 6.07) is 18.6. The van der Waals surface area contributed by atoms with Crippen molar-refractivity contribution in [3.63, 3.8) is 0 Å². The molecular formula is C18H21NO. The summed E-state index contributed by atoms with van der Waals surface area (Å²) in [5.74, 6) is 0. The van der Waals surface area contributed by atoms with E-state index in [1.807, 2.05) is 36.4 Å². The molecule has 2 nitrogen and oxygen atoms in total. The Morgan fingerprint density at radius 1 is 1.05 bits per heavy atom. The molecular weight excluding hydrogens is 246 g/mol. The third-order valence-corrected chi connectivity index (χ3v) is 3.16. The molecule has 0 spiro atoms. The number of rotatable bonds is 6. The molecule has 0 fully saturated rings. The van der Waals surface area contributed by atoms with Crippen LogP contribution in [-0.4, -0.2) is 17.8 Å². The van der Waals surface area contributed by atoms with E-state index < -0.39 is 0 Å². The van der Waals surface area contributed by atoms with Crippen LogP contribution in [0.1, 0.15) is 18.1 Å². The van der Waals surface area contributed by atoms with Crippen LogP contribution in [0.25, 0.3) is 6.08 Å². The summed E-state index contributed by atoms with van der Waals surface area (Å²) in [4.78, 5) is 0. The zero-order chi connectivity index (χ0) is 14.2. The van der Waals surface area contributed by atoms with Crippen molar-refractivity contribution in [3.8, 4) is 0 Å². The molecule has 0 aliphatic carbocycles. The minimum Gasteiger partial charge on any atom is -0.396 e. The summed E-state index contributed by atoms with van der Waals surface area (Å²) in [5.41, 5.74) is 3.44. The first-order valence-electron chi connectivity index (χ1n) is 6.98. The summed E-state index contributed by atoms with van der Waals surface area (Å²) in [6.07, 6.45) is 4.94. The van der Waals surface area contributed by atoms with Gasteiger partial charge in [0.2, 0.25) is 0 Å². The highest BCUT2D eigenvalue weighted by Crippen LogP contribution is 2.17. The van der Waals surface area contributed by atoms with Crippen LogP contribution in [0.15, 0.2) is 60.7 Å². The lowest BCUT2D eigenvalue weighted by Crippen LogP contribution is -2.13. The third kappa shape index (κ3) is 4.25. The second-order valence-corrected chi connectivity index (χ2v) is 4.83. The van der Waals surface area contributed by atoms with E-state index in [1.165, 1.54) is 5.56 Å². The second-order valence-electron chi connectivity index (χ2n) is 4.83. The maximum absolute atomic E-state index is 9.09. The molecule has 0 bridgehead atoms. The first kappa shape index (κ1) is 14.4. The number of nitrogens with one attached hydrogen (secondary N) is 1. The van der Waals surface area contributed by atoms with E-state index >= 15 is 0 Å². The highest BCUT2D eigenvalue weighted by Gasteiger charge is 2.03. The van der Waals surface area contributed by atoms with Crippen molar-refractivity contribution in [2.75, 3.05) is 11.9 Å². The van der Waals surface area contributed by atoms with Gasteiger partial charge in [0.25, 0.3) is 0 Å². The molecule has 2 rings (SSSR count). The van der Waals surface area contributed by atoms with Crippen molar-refractivity contribution in [3.05, 3.63) is 71.8 Å². The average molecular weight is 267 g/mol. The lowest BCUT2D eigenvalue weighted by molar-refractivity contribution is 0.300. The Morgan fingerprint density at radius 2 is 1.75 bits per heavy atom. The SMILES string of the molecule is CC(/C=C/c1ccccc1)Nc1ccccc1CCO. The van der Waals surface area contributed by atoms with Gasteiger partial charge in [0.15, 0.2) is 0 Å². The van der Waals surface area contributed by atoms with Crippen LogP contribution in [0.2, 0.25) is 0 Å². The van der Waals surface area contributed by atoms with Crippen LogP contribution in [-0.2, 0) is 6.42 Å². The minimum absolute atomic E-state index is 0.174. The van der Waals surface area contributed by atoms with Crippen molar-refractivity contribution < 1.29 is 5.11 Å². The standard InChI is InChI=1S/C18H21NO/c1-15(11-12-16-7-3-2-4-8-16)19-18-10-6-5-9-17(18)13-14-20/h2-12,15,19-20H,13-14H2,1H3/b12-11+. The Hall–Kier alpha value is -2.06. The molecule has 0 radical (unpaired) electrons. The molecule has 2 N–H and O–H groups in total. The Labute approximate surface area is 120 Å². The molecule has 0 aliphatic rings. The first-order chi connectivity index (χ1) is 9.79. The fourth-order valence-electron chi connectivity index (χ4n) is 2.11. The van der Waals surface area contributed by atoms with Gasteiger partial charge in [0.1, 0.15) is 0 Å². The van der Waals surface area contributed by atoms with Crippen molar-refractivity contribution in [2.45, 2.75) is 19.4 Å². The molecule has 0 saturated heterocycles. The second kappa shape index (κ2) is 7.51. The van der Waals surface area contributed by atoms with Crippen molar-refractivity contribution in [2.24, 2.45) is 0 Å². The van der Waals surface area contributed by atoms with Crippen molar-refractivity contribution >= 4 is 11.8 Å². The van der Waals surface area contributed by atoms with Gasteiger partial charge in [-0.15, -0.1) is 0 Å². The smallest absolute Gasteiger partial charge is 0.0472 e. The third-order valence-electron chi connectivity index (χ3n) is 3.16. The molecule has 0 heterocycles. The topological polar surface area (TPSA) is 32.3 Å². The molecule has 20 heavy (non-hydrogen) atoms. The quantitative estimate of drug-likeness (QED) is 0.835. The lowest BCUT2D eigenvalue weighted by atomic mass is 10.1. The monoisotopic (exact) mass is 267 g/mol. The summed E-state index contributed by atoms with van der Waals surface area (Å²) in [7, 11) is 0. The van der Waals surface area contributed by atoms with E-state index in [0.717, 1.165) is 11.3 Å². The Bertz CT molecular complexity index is 548. The van der Waals surface area contributed by atoms with Crippen LogP contribution >= 0.6 is 0 Å². The maximum Gasteiger partial charge on any atom is 0.0472 e. The van der Waals surface area contributed by atoms with Crippen LogP contribution in [0.4, 0.5) is 5.69 Å². The normalized spacial score (nSPS) is 12.5. The van der Waals surface area contributed by atoms with Crippen LogP contribution < -0.4 is 5.32 Å². The van der Waals surface area contributed by atoms with Gasteiger partial charge in [0.05, 0.1) is 0 Å². The largest absolute Gasteiger partial charge is 0.396 e. The summed E-state index contributed by atoms with van der Waals surface area (Å²) >= 11 is 0. The van der Waals surface area contributed by atoms with Gasteiger partial charge in [-0.2, -0.15) is 0 Å². The number of anilines is 1. The number of para-hydroxylation sites is 1. The summed E-state index contributed by atoms with van der Waals surface area (Å²) < 4.78 is 0. The Balaban J connectivity index is 2.01. The van der Waals surface area contributed by atoms with Gasteiger partial charge in [-0.3, -0.25) is 0 Å². The molecule has 2 aromatic carbocycles. The fraction of sp³-hybridized carbons (Fsp3) is 0.222. The number of benzene rings is 2. The van der Waals surface area contributed by atoms with Gasteiger partial charge >= 0.3 is 0 Å². The van der Waals surface area contributed by atoms with Gasteiger partial charge in [0, 0.05) is 18.3 Å². The Morgan fingerprint density at radius 3 is 2.50 bits per heavy atom. The van der Waals surface area contributed by atoms with Crippen LogP contribution in [0.5, 0.6) is 0 Å². The van der Waals surface area contributed by atoms with E-state index in [0.29, 0.717) is 6.42 Å². The van der Waals surface area contributed by atoms with Crippen LogP contribution in [0.3, 0.4) is 0 Å². The van der Waals surface area contributed by atoms with Gasteiger partial charge in [-0.1, -0.05) is 60.7 Å². The van der Waals surface area contributed by atoms with E-state index in [1.54, 1.807) is 0 Å². The predicted molar refractivity (Wildman–Crippen MR) is 85.8 cm³/mol. The van der Waals surface area contributed by atoms with E-state index in [2.05, 4.69) is 42.6 Å². The van der Waals surface area contributed by atoms with Crippen molar-refractivity contribution in [1.82, 2.24) is 0 Å². The molecule has 0 saturated carbocycles. The van der Waals surface area contributed by atoms with Gasteiger partial charge in [-0.25, -0.2) is 0 Å². The minimum atomic E-state index is 0.174.